The lowest BCUT2D eigenvalue weighted by molar-refractivity contribution is 0.405. The molecule has 10 aromatic rings. The highest BCUT2D eigenvalue weighted by Crippen LogP contribution is 2.41. The predicted octanol–water partition coefficient (Wildman–Crippen LogP) is 14.0. The largest absolute Gasteiger partial charge is 0.310 e. The van der Waals surface area contributed by atoms with Crippen molar-refractivity contribution in [3.05, 3.63) is 194 Å². The predicted molar refractivity (Wildman–Crippen MR) is 220 cm³/mol. The first-order valence-electron chi connectivity index (χ1n) is 17.9. The summed E-state index contributed by atoms with van der Waals surface area (Å²) in [7, 11) is 0. The van der Waals surface area contributed by atoms with Crippen LogP contribution in [0.3, 0.4) is 0 Å². The molecule has 0 saturated carbocycles. The second kappa shape index (κ2) is 12.8. The quantitative estimate of drug-likeness (QED) is 0.164. The van der Waals surface area contributed by atoms with E-state index >= 15 is 8.96 Å². The molecule has 0 amide bonds. The van der Waals surface area contributed by atoms with Crippen LogP contribution in [-0.4, -0.2) is 9.58 Å². The molecule has 0 spiro atoms. The lowest BCUT2D eigenvalue weighted by atomic mass is 10.0. The van der Waals surface area contributed by atoms with Gasteiger partial charge in [0.25, 0.3) is 0 Å². The summed E-state index contributed by atoms with van der Waals surface area (Å²) in [6, 6.07) is 64.5. The van der Waals surface area contributed by atoms with Crippen LogP contribution in [0.1, 0.15) is 0 Å². The average Bonchev–Trinajstić information content (AvgIpc) is 3.69. The number of hydrogen-bond donors (Lipinski definition) is 0. The van der Waals surface area contributed by atoms with Gasteiger partial charge in [-0.05, 0) is 108 Å². The zero-order valence-corrected chi connectivity index (χ0v) is 29.0. The third-order valence-corrected chi connectivity index (χ3v) is 10.3. The maximum absolute atomic E-state index is 15.2. The van der Waals surface area contributed by atoms with E-state index < -0.39 is 0 Å². The Labute approximate surface area is 310 Å². The van der Waals surface area contributed by atoms with Crippen LogP contribution in [0.15, 0.2) is 194 Å². The fraction of sp³-hybridized carbons (Fsp3) is 0. The van der Waals surface area contributed by atoms with Gasteiger partial charge >= 0.3 is 0 Å². The fourth-order valence-electron chi connectivity index (χ4n) is 7.76. The van der Waals surface area contributed by atoms with Gasteiger partial charge in [-0.15, -0.1) is 0 Å². The van der Waals surface area contributed by atoms with E-state index in [0.717, 1.165) is 76.4 Å². The van der Waals surface area contributed by atoms with Gasteiger partial charge in [-0.25, -0.2) is 0 Å². The standard InChI is InChI=1S/C48H32F2N4/c49-53-45-17-9-7-15-41(45)43-31-39(27-29-47(43)53)51(35-11-3-1-4-12-35)37-23-19-33(20-24-37)34-21-25-38(26-22-34)52(36-13-5-2-6-14-36)40-28-30-48-44(32-40)42-16-8-10-18-46(42)54(48)50/h1-32H. The summed E-state index contributed by atoms with van der Waals surface area (Å²) >= 11 is 0. The van der Waals surface area contributed by atoms with E-state index in [9.17, 15) is 0 Å². The van der Waals surface area contributed by atoms with Gasteiger partial charge in [0.05, 0.1) is 22.1 Å². The zero-order valence-electron chi connectivity index (χ0n) is 29.0. The van der Waals surface area contributed by atoms with Crippen molar-refractivity contribution in [2.45, 2.75) is 0 Å². The van der Waals surface area contributed by atoms with Crippen molar-refractivity contribution in [3.8, 4) is 11.1 Å². The molecule has 0 bridgehead atoms. The van der Waals surface area contributed by atoms with Gasteiger partial charge in [0, 0.05) is 55.7 Å². The minimum Gasteiger partial charge on any atom is -0.310 e. The third kappa shape index (κ3) is 5.19. The van der Waals surface area contributed by atoms with Gasteiger partial charge in [0.2, 0.25) is 0 Å². The van der Waals surface area contributed by atoms with Crippen molar-refractivity contribution in [2.75, 3.05) is 9.80 Å². The second-order valence-corrected chi connectivity index (χ2v) is 13.4. The highest BCUT2D eigenvalue weighted by atomic mass is 19.2. The molecule has 0 aliphatic heterocycles. The Kier molecular flexibility index (Phi) is 7.47. The number of benzene rings is 8. The van der Waals surface area contributed by atoms with Gasteiger partial charge in [-0.1, -0.05) is 106 Å². The minimum absolute atomic E-state index is 0.547. The summed E-state index contributed by atoms with van der Waals surface area (Å²) in [5.41, 5.74) is 10.3. The van der Waals surface area contributed by atoms with E-state index in [0.29, 0.717) is 22.1 Å². The van der Waals surface area contributed by atoms with Crippen LogP contribution in [0.4, 0.5) is 43.1 Å². The average molecular weight is 703 g/mol. The maximum Gasteiger partial charge on any atom is 0.0827 e. The lowest BCUT2D eigenvalue weighted by Crippen LogP contribution is -2.10. The maximum atomic E-state index is 15.2. The number of hydrogen-bond acceptors (Lipinski definition) is 2. The molecular formula is C48H32F2N4. The minimum atomic E-state index is 0.547. The highest BCUT2D eigenvalue weighted by Gasteiger charge is 2.19. The normalized spacial score (nSPS) is 11.5. The molecule has 0 fully saturated rings. The van der Waals surface area contributed by atoms with Crippen LogP contribution in [-0.2, 0) is 0 Å². The van der Waals surface area contributed by atoms with E-state index in [1.807, 2.05) is 97.1 Å². The first-order chi connectivity index (χ1) is 26.6. The SMILES string of the molecule is Fn1c2ccccc2c2cc(N(c3ccccc3)c3ccc(-c4ccc(N(c5ccccc5)c5ccc6c(c5)c5ccccc5n6F)cc4)cc3)ccc21. The molecule has 0 radical (unpaired) electrons. The van der Waals surface area contributed by atoms with Gasteiger partial charge in [0.1, 0.15) is 0 Å². The summed E-state index contributed by atoms with van der Waals surface area (Å²) in [6.45, 7) is 0. The molecule has 54 heavy (non-hydrogen) atoms. The summed E-state index contributed by atoms with van der Waals surface area (Å²) in [5.74, 6) is 0. The summed E-state index contributed by atoms with van der Waals surface area (Å²) < 4.78 is 30.5. The van der Waals surface area contributed by atoms with E-state index in [1.54, 1.807) is 12.1 Å². The number of rotatable bonds is 7. The molecule has 0 aliphatic carbocycles. The Hall–Kier alpha value is -7.18. The van der Waals surface area contributed by atoms with E-state index in [-0.39, 0.29) is 0 Å². The van der Waals surface area contributed by atoms with Crippen molar-refractivity contribution in [3.63, 3.8) is 0 Å². The Morgan fingerprint density at radius 3 is 1.00 bits per heavy atom. The fourth-order valence-corrected chi connectivity index (χ4v) is 7.76. The summed E-state index contributed by atoms with van der Waals surface area (Å²) in [4.78, 5) is 5.94. The topological polar surface area (TPSA) is 16.3 Å². The molecule has 8 aromatic carbocycles. The molecule has 4 nitrogen and oxygen atoms in total. The Balaban J connectivity index is 1.01. The first kappa shape index (κ1) is 31.5. The number of halogens is 2. The molecule has 258 valence electrons. The molecule has 10 rings (SSSR count). The Bertz CT molecular complexity index is 2750. The van der Waals surface area contributed by atoms with E-state index in [1.165, 1.54) is 0 Å². The van der Waals surface area contributed by atoms with E-state index in [2.05, 4.69) is 94.7 Å². The molecule has 2 aromatic heterocycles. The molecule has 0 aliphatic rings. The van der Waals surface area contributed by atoms with Crippen LogP contribution in [0.2, 0.25) is 0 Å². The van der Waals surface area contributed by atoms with E-state index in [4.69, 9.17) is 0 Å². The Morgan fingerprint density at radius 2 is 0.593 bits per heavy atom. The van der Waals surface area contributed by atoms with Gasteiger partial charge in [-0.2, -0.15) is 9.58 Å². The van der Waals surface area contributed by atoms with Crippen LogP contribution in [0.5, 0.6) is 0 Å². The smallest absolute Gasteiger partial charge is 0.0827 e. The number of anilines is 6. The number of fused-ring (bicyclic) bond motifs is 6. The molecule has 0 saturated heterocycles. The molecule has 0 unspecified atom stereocenters. The number of nitrogens with zero attached hydrogens (tertiary/aromatic N) is 4. The first-order valence-corrected chi connectivity index (χ1v) is 17.9. The number of aromatic nitrogens is 2. The van der Waals surface area contributed by atoms with Crippen LogP contribution < -0.4 is 9.80 Å². The van der Waals surface area contributed by atoms with Crippen molar-refractivity contribution in [1.82, 2.24) is 9.58 Å². The lowest BCUT2D eigenvalue weighted by Gasteiger charge is -2.26. The van der Waals surface area contributed by atoms with Crippen molar-refractivity contribution in [2.24, 2.45) is 0 Å². The monoisotopic (exact) mass is 702 g/mol. The van der Waals surface area contributed by atoms with Gasteiger partial charge < -0.3 is 9.80 Å². The van der Waals surface area contributed by atoms with Crippen LogP contribution in [0.25, 0.3) is 54.7 Å². The second-order valence-electron chi connectivity index (χ2n) is 13.4. The van der Waals surface area contributed by atoms with Crippen molar-refractivity contribution >= 4 is 77.7 Å². The van der Waals surface area contributed by atoms with Crippen molar-refractivity contribution in [1.29, 1.82) is 0 Å². The summed E-state index contributed by atoms with van der Waals surface area (Å²) in [5, 5.41) is 3.48. The zero-order chi connectivity index (χ0) is 36.2. The molecule has 0 N–H and O–H groups in total. The van der Waals surface area contributed by atoms with Gasteiger partial charge in [-0.3, -0.25) is 0 Å². The van der Waals surface area contributed by atoms with Crippen LogP contribution in [0, 0.1) is 0 Å². The third-order valence-electron chi connectivity index (χ3n) is 10.3. The van der Waals surface area contributed by atoms with Gasteiger partial charge in [0.15, 0.2) is 0 Å². The van der Waals surface area contributed by atoms with Crippen LogP contribution >= 0.6 is 0 Å². The molecule has 2 heterocycles. The molecule has 0 atom stereocenters. The Morgan fingerprint density at radius 1 is 0.278 bits per heavy atom. The molecular weight excluding hydrogens is 671 g/mol. The van der Waals surface area contributed by atoms with Crippen molar-refractivity contribution < 1.29 is 8.96 Å². The highest BCUT2D eigenvalue weighted by molar-refractivity contribution is 6.10. The molecule has 6 heteroatoms. The summed E-state index contributed by atoms with van der Waals surface area (Å²) in [6.07, 6.45) is 0. The number of para-hydroxylation sites is 4.